The van der Waals surface area contributed by atoms with Crippen LogP contribution < -0.4 is 9.84 Å². The van der Waals surface area contributed by atoms with Crippen LogP contribution in [-0.4, -0.2) is 49.3 Å². The van der Waals surface area contributed by atoms with Crippen LogP contribution in [0, 0.1) is 0 Å². The van der Waals surface area contributed by atoms with Crippen LogP contribution in [0.25, 0.3) is 5.76 Å². The third kappa shape index (κ3) is 5.16. The number of carbonyl (C=O) groups is 2. The zero-order chi connectivity index (χ0) is 13.5. The number of methoxy groups -OCH3 is 1. The molecular weight excluding hydrogens is 245 g/mol. The summed E-state index contributed by atoms with van der Waals surface area (Å²) >= 11 is 0. The van der Waals surface area contributed by atoms with Gasteiger partial charge < -0.3 is 14.6 Å². The van der Waals surface area contributed by atoms with Crippen molar-refractivity contribution in [3.05, 3.63) is 30.1 Å². The second kappa shape index (κ2) is 8.35. The zero-order valence-corrected chi connectivity index (χ0v) is 11.0. The van der Waals surface area contributed by atoms with Crippen molar-refractivity contribution in [2.24, 2.45) is 0 Å². The summed E-state index contributed by atoms with van der Waals surface area (Å²) in [4.78, 5) is 26.1. The maximum Gasteiger partial charge on any atom is 0.378 e. The molecule has 0 aliphatic heterocycles. The summed E-state index contributed by atoms with van der Waals surface area (Å²) in [6.07, 6.45) is 3.37. The molecule has 7 heteroatoms. The minimum Gasteiger partial charge on any atom is -0.872 e. The molecule has 1 radical (unpaired) electrons. The van der Waals surface area contributed by atoms with E-state index in [9.17, 15) is 14.7 Å². The summed E-state index contributed by atoms with van der Waals surface area (Å²) < 4.78 is 9.36. The van der Waals surface area contributed by atoms with E-state index < -0.39 is 17.5 Å². The van der Waals surface area contributed by atoms with Crippen LogP contribution >= 0.6 is 0 Å². The Bertz CT molecular complexity index is 487. The van der Waals surface area contributed by atoms with E-state index in [1.165, 1.54) is 25.6 Å². The monoisotopic (exact) mass is 257 g/mol. The van der Waals surface area contributed by atoms with E-state index in [0.717, 1.165) is 0 Å². The Balaban J connectivity index is 0.00000324. The van der Waals surface area contributed by atoms with Crippen LogP contribution in [0.1, 0.15) is 12.5 Å². The number of aromatic nitrogens is 1. The van der Waals surface area contributed by atoms with E-state index in [-0.39, 0.29) is 31.0 Å². The van der Waals surface area contributed by atoms with E-state index in [2.05, 4.69) is 9.72 Å². The first-order chi connectivity index (χ1) is 8.58. The first kappa shape index (κ1) is 17.2. The maximum absolute atomic E-state index is 11.7. The molecule has 6 nitrogen and oxygen atoms in total. The van der Waals surface area contributed by atoms with Gasteiger partial charge in [-0.2, -0.15) is 0 Å². The number of nitrogens with zero attached hydrogens (tertiary/aromatic N) is 1. The number of rotatable bonds is 5. The number of carbonyl (C=O) groups excluding carboxylic acids is 2. The van der Waals surface area contributed by atoms with Crippen molar-refractivity contribution < 1.29 is 24.2 Å². The van der Waals surface area contributed by atoms with Gasteiger partial charge in [-0.15, -0.1) is 0 Å². The van der Waals surface area contributed by atoms with Gasteiger partial charge in [0.15, 0.2) is 0 Å². The Labute approximate surface area is 122 Å². The molecule has 0 aromatic carbocycles. The molecule has 1 aromatic heterocycles. The topological polar surface area (TPSA) is 88.6 Å². The van der Waals surface area contributed by atoms with Gasteiger partial charge in [-0.1, -0.05) is 5.76 Å². The van der Waals surface area contributed by atoms with Gasteiger partial charge in [-0.05, 0) is 24.6 Å². The molecule has 1 rings (SSSR count). The maximum atomic E-state index is 11.7. The van der Waals surface area contributed by atoms with Crippen molar-refractivity contribution in [2.45, 2.75) is 6.92 Å². The summed E-state index contributed by atoms with van der Waals surface area (Å²) in [7, 11) is 1.43. The van der Waals surface area contributed by atoms with Crippen molar-refractivity contribution in [3.63, 3.8) is 0 Å². The molecule has 0 spiro atoms. The van der Waals surface area contributed by atoms with Crippen LogP contribution in [0.3, 0.4) is 0 Å². The standard InChI is InChI=1S/C12H13NO5.Li/c1-3-18-12(16)11(15)5-10(14)8-4-9(17-2)7-13-6-8;/h4-7,14H,3H2,1-2H3;/p-1. The van der Waals surface area contributed by atoms with E-state index in [1.54, 1.807) is 6.92 Å². The van der Waals surface area contributed by atoms with Crippen LogP contribution in [0.5, 0.6) is 5.75 Å². The van der Waals surface area contributed by atoms with Crippen LogP contribution in [-0.2, 0) is 14.3 Å². The SMILES string of the molecule is CCOC(=O)C(=O)C=C([O-])c1cncc(OC)c1.[Li]. The van der Waals surface area contributed by atoms with Crippen LogP contribution in [0.4, 0.5) is 0 Å². The number of ether oxygens (including phenoxy) is 2. The predicted octanol–water partition coefficient (Wildman–Crippen LogP) is -0.457. The van der Waals surface area contributed by atoms with E-state index >= 15 is 0 Å². The van der Waals surface area contributed by atoms with Crippen molar-refractivity contribution in [2.75, 3.05) is 13.7 Å². The average Bonchev–Trinajstić information content (AvgIpc) is 2.39. The number of ketones is 1. The summed E-state index contributed by atoms with van der Waals surface area (Å²) in [5, 5.41) is 11.7. The molecule has 0 aliphatic carbocycles. The van der Waals surface area contributed by atoms with E-state index in [0.29, 0.717) is 11.8 Å². The quantitative estimate of drug-likeness (QED) is 0.233. The fraction of sp³-hybridized carbons (Fsp3) is 0.250. The summed E-state index contributed by atoms with van der Waals surface area (Å²) in [5.74, 6) is -2.29. The van der Waals surface area contributed by atoms with Crippen LogP contribution in [0.15, 0.2) is 24.5 Å². The van der Waals surface area contributed by atoms with E-state index in [1.807, 2.05) is 0 Å². The number of pyridine rings is 1. The van der Waals surface area contributed by atoms with Gasteiger partial charge in [-0.3, -0.25) is 9.78 Å². The molecule has 0 unspecified atom stereocenters. The molecule has 97 valence electrons. The Kier molecular flexibility index (Phi) is 7.57. The fourth-order valence-corrected chi connectivity index (χ4v) is 1.13. The van der Waals surface area contributed by atoms with Gasteiger partial charge in [0.2, 0.25) is 0 Å². The number of hydrogen-bond donors (Lipinski definition) is 0. The largest absolute Gasteiger partial charge is 0.872 e. The Hall–Kier alpha value is -1.77. The Morgan fingerprint density at radius 2 is 2.11 bits per heavy atom. The molecular formula is C12H12LiNO5-. The first-order valence-electron chi connectivity index (χ1n) is 5.17. The average molecular weight is 257 g/mol. The third-order valence-electron chi connectivity index (χ3n) is 1.97. The Morgan fingerprint density at radius 3 is 2.68 bits per heavy atom. The van der Waals surface area contributed by atoms with Gasteiger partial charge >= 0.3 is 5.97 Å². The van der Waals surface area contributed by atoms with Gasteiger partial charge in [0, 0.05) is 25.1 Å². The predicted molar refractivity (Wildman–Crippen MR) is 66.2 cm³/mol. The molecule has 0 saturated carbocycles. The molecule has 0 bridgehead atoms. The molecule has 0 aliphatic rings. The number of esters is 1. The molecule has 1 aromatic rings. The Morgan fingerprint density at radius 1 is 1.42 bits per heavy atom. The summed E-state index contributed by atoms with van der Waals surface area (Å²) in [6, 6.07) is 1.42. The fourth-order valence-electron chi connectivity index (χ4n) is 1.13. The molecule has 0 amide bonds. The second-order valence-electron chi connectivity index (χ2n) is 3.21. The molecule has 0 fully saturated rings. The number of hydrogen-bond acceptors (Lipinski definition) is 6. The summed E-state index contributed by atoms with van der Waals surface area (Å²) in [6.45, 7) is 1.65. The molecule has 19 heavy (non-hydrogen) atoms. The minimum absolute atomic E-state index is 0. The van der Waals surface area contributed by atoms with Crippen molar-refractivity contribution in [1.29, 1.82) is 0 Å². The smallest absolute Gasteiger partial charge is 0.378 e. The normalized spacial score (nSPS) is 10.3. The van der Waals surface area contributed by atoms with Gasteiger partial charge in [0.1, 0.15) is 5.75 Å². The van der Waals surface area contributed by atoms with Gasteiger partial charge in [-0.25, -0.2) is 4.79 Å². The molecule has 0 N–H and O–H groups in total. The molecule has 0 atom stereocenters. The van der Waals surface area contributed by atoms with Crippen molar-refractivity contribution in [3.8, 4) is 5.75 Å². The first-order valence-corrected chi connectivity index (χ1v) is 5.17. The minimum atomic E-state index is -1.05. The summed E-state index contributed by atoms with van der Waals surface area (Å²) in [5.41, 5.74) is 0.159. The van der Waals surface area contributed by atoms with Gasteiger partial charge in [0.05, 0.1) is 19.9 Å². The zero-order valence-electron chi connectivity index (χ0n) is 11.0. The van der Waals surface area contributed by atoms with Crippen LogP contribution in [0.2, 0.25) is 0 Å². The van der Waals surface area contributed by atoms with Crippen molar-refractivity contribution >= 4 is 36.4 Å². The third-order valence-corrected chi connectivity index (χ3v) is 1.97. The second-order valence-corrected chi connectivity index (χ2v) is 3.21. The molecule has 1 heterocycles. The van der Waals surface area contributed by atoms with Crippen molar-refractivity contribution in [1.82, 2.24) is 4.98 Å². The molecule has 0 saturated heterocycles. The van der Waals surface area contributed by atoms with E-state index in [4.69, 9.17) is 4.74 Å². The van der Waals surface area contributed by atoms with Gasteiger partial charge in [0.25, 0.3) is 5.78 Å².